The van der Waals surface area contributed by atoms with Crippen LogP contribution in [0.3, 0.4) is 0 Å². The van der Waals surface area contributed by atoms with Crippen molar-refractivity contribution in [2.24, 2.45) is 0 Å². The molecule has 2 aromatic rings. The van der Waals surface area contributed by atoms with Crippen molar-refractivity contribution < 1.29 is 9.90 Å². The number of aliphatic hydroxyl groups is 1. The van der Waals surface area contributed by atoms with E-state index < -0.39 is 6.10 Å². The number of nitrogens with one attached hydrogen (secondary N) is 1. The zero-order valence-electron chi connectivity index (χ0n) is 8.92. The Morgan fingerprint density at radius 1 is 1.62 bits per heavy atom. The number of aromatic nitrogens is 2. The van der Waals surface area contributed by atoms with Gasteiger partial charge in [-0.1, -0.05) is 6.07 Å². The van der Waals surface area contributed by atoms with Crippen LogP contribution in [0.4, 0.5) is 0 Å². The fraction of sp³-hybridized carbons (Fsp3) is 0.273. The van der Waals surface area contributed by atoms with Gasteiger partial charge in [-0.15, -0.1) is 0 Å². The molecule has 0 aromatic carbocycles. The molecule has 1 atom stereocenters. The highest BCUT2D eigenvalue weighted by molar-refractivity contribution is 5.93. The third-order valence-corrected chi connectivity index (χ3v) is 2.21. The van der Waals surface area contributed by atoms with Gasteiger partial charge in [-0.05, 0) is 19.1 Å². The average Bonchev–Trinajstić information content (AvgIpc) is 2.69. The van der Waals surface area contributed by atoms with Gasteiger partial charge in [0.05, 0.1) is 12.3 Å². The summed E-state index contributed by atoms with van der Waals surface area (Å²) in [6.07, 6.45) is 2.75. The first-order valence-corrected chi connectivity index (χ1v) is 5.07. The van der Waals surface area contributed by atoms with Crippen molar-refractivity contribution >= 4 is 11.6 Å². The summed E-state index contributed by atoms with van der Waals surface area (Å²) in [5.74, 6) is -0.236. The van der Waals surface area contributed by atoms with Crippen LogP contribution in [0.1, 0.15) is 17.4 Å². The van der Waals surface area contributed by atoms with Crippen molar-refractivity contribution in [3.05, 3.63) is 36.3 Å². The number of imidazole rings is 1. The number of carbonyl (C=O) groups is 1. The third-order valence-electron chi connectivity index (χ3n) is 2.21. The lowest BCUT2D eigenvalue weighted by atomic mass is 10.3. The number of rotatable bonds is 3. The molecule has 0 bridgehead atoms. The molecule has 0 aliphatic heterocycles. The standard InChI is InChI=1S/C11H13N3O2/c1-8(15)6-13-11(16)9-7-12-10-4-2-3-5-14(9)10/h2-5,7-8,15H,6H2,1H3,(H,13,16). The van der Waals surface area contributed by atoms with Gasteiger partial charge in [0.15, 0.2) is 0 Å². The van der Waals surface area contributed by atoms with Gasteiger partial charge in [-0.3, -0.25) is 9.20 Å². The summed E-state index contributed by atoms with van der Waals surface area (Å²) in [5, 5.41) is 11.7. The van der Waals surface area contributed by atoms with Crippen LogP contribution in [0.25, 0.3) is 5.65 Å². The number of amides is 1. The Kier molecular flexibility index (Phi) is 2.87. The molecule has 1 amide bonds. The van der Waals surface area contributed by atoms with Gasteiger partial charge in [-0.25, -0.2) is 4.98 Å². The maximum atomic E-state index is 11.7. The number of nitrogens with zero attached hydrogens (tertiary/aromatic N) is 2. The normalized spacial score (nSPS) is 12.6. The largest absolute Gasteiger partial charge is 0.392 e. The van der Waals surface area contributed by atoms with E-state index in [1.54, 1.807) is 17.5 Å². The molecular weight excluding hydrogens is 206 g/mol. The second-order valence-corrected chi connectivity index (χ2v) is 3.63. The van der Waals surface area contributed by atoms with E-state index in [1.807, 2.05) is 18.2 Å². The minimum absolute atomic E-state index is 0.235. The monoisotopic (exact) mass is 219 g/mol. The summed E-state index contributed by atoms with van der Waals surface area (Å²) in [6.45, 7) is 1.85. The van der Waals surface area contributed by atoms with Crippen molar-refractivity contribution in [1.82, 2.24) is 14.7 Å². The van der Waals surface area contributed by atoms with Crippen LogP contribution in [0.5, 0.6) is 0 Å². The van der Waals surface area contributed by atoms with E-state index in [2.05, 4.69) is 10.3 Å². The summed E-state index contributed by atoms with van der Waals surface area (Å²) in [7, 11) is 0. The predicted octanol–water partition coefficient (Wildman–Crippen LogP) is 0.445. The van der Waals surface area contributed by atoms with E-state index >= 15 is 0 Å². The Labute approximate surface area is 92.7 Å². The van der Waals surface area contributed by atoms with Gasteiger partial charge < -0.3 is 10.4 Å². The number of carbonyl (C=O) groups excluding carboxylic acids is 1. The summed E-state index contributed by atoms with van der Waals surface area (Å²) in [6, 6.07) is 5.52. The Hall–Kier alpha value is -1.88. The van der Waals surface area contributed by atoms with Crippen LogP contribution in [0.15, 0.2) is 30.6 Å². The zero-order valence-corrected chi connectivity index (χ0v) is 8.92. The average molecular weight is 219 g/mol. The third kappa shape index (κ3) is 2.04. The van der Waals surface area contributed by atoms with E-state index in [1.165, 1.54) is 6.20 Å². The molecule has 16 heavy (non-hydrogen) atoms. The molecule has 0 radical (unpaired) electrons. The number of hydrogen-bond acceptors (Lipinski definition) is 3. The van der Waals surface area contributed by atoms with Gasteiger partial charge in [0.2, 0.25) is 0 Å². The summed E-state index contributed by atoms with van der Waals surface area (Å²) >= 11 is 0. The van der Waals surface area contributed by atoms with Gasteiger partial charge in [0.25, 0.3) is 5.91 Å². The minimum atomic E-state index is -0.553. The Balaban J connectivity index is 2.23. The first-order valence-electron chi connectivity index (χ1n) is 5.07. The minimum Gasteiger partial charge on any atom is -0.392 e. The van der Waals surface area contributed by atoms with Crippen LogP contribution in [0, 0.1) is 0 Å². The molecule has 0 aliphatic rings. The van der Waals surface area contributed by atoms with Crippen molar-refractivity contribution in [2.45, 2.75) is 13.0 Å². The second-order valence-electron chi connectivity index (χ2n) is 3.63. The molecule has 2 N–H and O–H groups in total. The Morgan fingerprint density at radius 2 is 2.44 bits per heavy atom. The molecule has 0 saturated heterocycles. The van der Waals surface area contributed by atoms with Crippen molar-refractivity contribution in [3.8, 4) is 0 Å². The quantitative estimate of drug-likeness (QED) is 0.787. The van der Waals surface area contributed by atoms with Crippen LogP contribution in [-0.2, 0) is 0 Å². The maximum Gasteiger partial charge on any atom is 0.270 e. The number of fused-ring (bicyclic) bond motifs is 1. The van der Waals surface area contributed by atoms with E-state index in [9.17, 15) is 4.79 Å². The molecule has 84 valence electrons. The highest BCUT2D eigenvalue weighted by Gasteiger charge is 2.11. The molecule has 0 spiro atoms. The molecule has 2 rings (SSSR count). The van der Waals surface area contributed by atoms with Gasteiger partial charge in [0.1, 0.15) is 11.3 Å². The molecule has 5 nitrogen and oxygen atoms in total. The van der Waals surface area contributed by atoms with E-state index in [4.69, 9.17) is 5.11 Å². The smallest absolute Gasteiger partial charge is 0.270 e. The van der Waals surface area contributed by atoms with Crippen LogP contribution in [0.2, 0.25) is 0 Å². The Bertz CT molecular complexity index is 505. The van der Waals surface area contributed by atoms with Crippen molar-refractivity contribution in [3.63, 3.8) is 0 Å². The SMILES string of the molecule is CC(O)CNC(=O)c1cnc2ccccn12. The van der Waals surface area contributed by atoms with Crippen LogP contribution < -0.4 is 5.32 Å². The first kappa shape index (κ1) is 10.6. The van der Waals surface area contributed by atoms with E-state index in [0.29, 0.717) is 5.69 Å². The molecule has 1 unspecified atom stereocenters. The lowest BCUT2D eigenvalue weighted by molar-refractivity contribution is 0.0918. The van der Waals surface area contributed by atoms with Gasteiger partial charge >= 0.3 is 0 Å². The Morgan fingerprint density at radius 3 is 3.19 bits per heavy atom. The molecular formula is C11H13N3O2. The topological polar surface area (TPSA) is 66.6 Å². The van der Waals surface area contributed by atoms with Crippen LogP contribution in [-0.4, -0.2) is 33.0 Å². The zero-order chi connectivity index (χ0) is 11.5. The number of pyridine rings is 1. The molecule has 2 heterocycles. The first-order chi connectivity index (χ1) is 7.68. The number of hydrogen-bond donors (Lipinski definition) is 2. The lowest BCUT2D eigenvalue weighted by Crippen LogP contribution is -2.31. The lowest BCUT2D eigenvalue weighted by Gasteiger charge is -2.06. The highest BCUT2D eigenvalue weighted by Crippen LogP contribution is 2.05. The van der Waals surface area contributed by atoms with Gasteiger partial charge in [-0.2, -0.15) is 0 Å². The molecule has 2 aromatic heterocycles. The fourth-order valence-electron chi connectivity index (χ4n) is 1.43. The fourth-order valence-corrected chi connectivity index (χ4v) is 1.43. The molecule has 5 heteroatoms. The summed E-state index contributed by atoms with van der Waals surface area (Å²) in [5.41, 5.74) is 1.20. The summed E-state index contributed by atoms with van der Waals surface area (Å²) in [4.78, 5) is 15.8. The number of aliphatic hydroxyl groups excluding tert-OH is 1. The second kappa shape index (κ2) is 4.32. The van der Waals surface area contributed by atoms with Crippen molar-refractivity contribution in [1.29, 1.82) is 0 Å². The van der Waals surface area contributed by atoms with Gasteiger partial charge in [0, 0.05) is 12.7 Å². The molecule has 0 fully saturated rings. The predicted molar refractivity (Wildman–Crippen MR) is 59.2 cm³/mol. The highest BCUT2D eigenvalue weighted by atomic mass is 16.3. The maximum absolute atomic E-state index is 11.7. The molecule has 0 saturated carbocycles. The van der Waals surface area contributed by atoms with Crippen LogP contribution >= 0.6 is 0 Å². The molecule has 0 aliphatic carbocycles. The van der Waals surface area contributed by atoms with E-state index in [0.717, 1.165) is 5.65 Å². The summed E-state index contributed by atoms with van der Waals surface area (Å²) < 4.78 is 1.71. The van der Waals surface area contributed by atoms with Crippen molar-refractivity contribution in [2.75, 3.05) is 6.54 Å². The van der Waals surface area contributed by atoms with E-state index in [-0.39, 0.29) is 12.5 Å².